The molecule has 0 radical (unpaired) electrons. The number of hydrogen-bond donors (Lipinski definition) is 1. The van der Waals surface area contributed by atoms with Crippen molar-refractivity contribution in [2.45, 2.75) is 37.6 Å². The normalized spacial score (nSPS) is 21.9. The molecule has 2 rings (SSSR count). The van der Waals surface area contributed by atoms with Crippen LogP contribution in [-0.2, 0) is 16.0 Å². The predicted octanol–water partition coefficient (Wildman–Crippen LogP) is 1.78. The smallest absolute Gasteiger partial charge is 0.327 e. The molecular formula is C14H18N2O3S. The third-order valence-electron chi connectivity index (χ3n) is 3.39. The fraction of sp³-hybridized carbons (Fsp3) is 0.500. The summed E-state index contributed by atoms with van der Waals surface area (Å²) in [4.78, 5) is 29.1. The van der Waals surface area contributed by atoms with Crippen LogP contribution in [0, 0.1) is 0 Å². The van der Waals surface area contributed by atoms with Crippen LogP contribution in [0.15, 0.2) is 24.5 Å². The van der Waals surface area contributed by atoms with E-state index in [0.29, 0.717) is 18.6 Å². The first-order valence-electron chi connectivity index (χ1n) is 6.68. The van der Waals surface area contributed by atoms with Gasteiger partial charge >= 0.3 is 5.97 Å². The average Bonchev–Trinajstić information content (AvgIpc) is 2.90. The van der Waals surface area contributed by atoms with Crippen molar-refractivity contribution in [3.63, 3.8) is 0 Å². The van der Waals surface area contributed by atoms with Crippen LogP contribution < -0.4 is 0 Å². The Hall–Kier alpha value is -1.56. The first kappa shape index (κ1) is 14.8. The molecule has 1 fully saturated rings. The van der Waals surface area contributed by atoms with Crippen LogP contribution in [0.2, 0.25) is 0 Å². The molecule has 6 heteroatoms. The number of pyridine rings is 1. The molecule has 1 aromatic heterocycles. The Kier molecular flexibility index (Phi) is 5.00. The minimum atomic E-state index is -0.911. The van der Waals surface area contributed by atoms with E-state index in [-0.39, 0.29) is 11.3 Å². The van der Waals surface area contributed by atoms with Crippen molar-refractivity contribution < 1.29 is 14.7 Å². The molecule has 20 heavy (non-hydrogen) atoms. The molecule has 0 saturated carbocycles. The van der Waals surface area contributed by atoms with E-state index in [0.717, 1.165) is 12.0 Å². The standard InChI is InChI=1S/C14H18N2O3S/c1-2-13-16(11(9-20-13)14(18)19)12(17)4-3-10-5-7-15-8-6-10/h5-8,11,13H,2-4,9H2,1H3,(H,18,19). The summed E-state index contributed by atoms with van der Waals surface area (Å²) in [7, 11) is 0. The molecule has 0 bridgehead atoms. The lowest BCUT2D eigenvalue weighted by atomic mass is 10.1. The van der Waals surface area contributed by atoms with Crippen LogP contribution >= 0.6 is 11.8 Å². The molecule has 1 N–H and O–H groups in total. The van der Waals surface area contributed by atoms with E-state index >= 15 is 0 Å². The zero-order valence-electron chi connectivity index (χ0n) is 11.4. The Morgan fingerprint density at radius 3 is 2.75 bits per heavy atom. The van der Waals surface area contributed by atoms with Gasteiger partial charge in [0.25, 0.3) is 0 Å². The number of amides is 1. The summed E-state index contributed by atoms with van der Waals surface area (Å²) in [5, 5.41) is 9.20. The van der Waals surface area contributed by atoms with Gasteiger partial charge in [-0.05, 0) is 30.5 Å². The summed E-state index contributed by atoms with van der Waals surface area (Å²) in [5.41, 5.74) is 1.04. The van der Waals surface area contributed by atoms with Gasteiger partial charge in [0.15, 0.2) is 0 Å². The number of aryl methyl sites for hydroxylation is 1. The van der Waals surface area contributed by atoms with Crippen LogP contribution in [0.25, 0.3) is 0 Å². The third kappa shape index (κ3) is 3.30. The molecule has 0 spiro atoms. The van der Waals surface area contributed by atoms with E-state index in [9.17, 15) is 14.7 Å². The van der Waals surface area contributed by atoms with Crippen molar-refractivity contribution in [2.24, 2.45) is 0 Å². The van der Waals surface area contributed by atoms with Gasteiger partial charge in [-0.3, -0.25) is 9.78 Å². The predicted molar refractivity (Wildman–Crippen MR) is 77.4 cm³/mol. The molecule has 2 heterocycles. The second-order valence-corrected chi connectivity index (χ2v) is 5.92. The van der Waals surface area contributed by atoms with Gasteiger partial charge in [0.2, 0.25) is 5.91 Å². The number of carboxylic acid groups (broad SMARTS) is 1. The van der Waals surface area contributed by atoms with Crippen molar-refractivity contribution >= 4 is 23.6 Å². The molecule has 2 unspecified atom stereocenters. The number of aliphatic carboxylic acids is 1. The Labute approximate surface area is 122 Å². The summed E-state index contributed by atoms with van der Waals surface area (Å²) in [5.74, 6) is -0.508. The van der Waals surface area contributed by atoms with Crippen molar-refractivity contribution in [3.8, 4) is 0 Å². The van der Waals surface area contributed by atoms with Crippen molar-refractivity contribution in [1.82, 2.24) is 9.88 Å². The number of thioether (sulfide) groups is 1. The van der Waals surface area contributed by atoms with Gasteiger partial charge < -0.3 is 10.0 Å². The highest BCUT2D eigenvalue weighted by Gasteiger charge is 2.40. The summed E-state index contributed by atoms with van der Waals surface area (Å²) < 4.78 is 0. The molecule has 1 aromatic rings. The largest absolute Gasteiger partial charge is 0.480 e. The topological polar surface area (TPSA) is 70.5 Å². The van der Waals surface area contributed by atoms with Crippen molar-refractivity contribution in [2.75, 3.05) is 5.75 Å². The Bertz CT molecular complexity index is 481. The molecule has 0 aromatic carbocycles. The van der Waals surface area contributed by atoms with Gasteiger partial charge in [0, 0.05) is 24.6 Å². The average molecular weight is 294 g/mol. The minimum absolute atomic E-state index is 0.0129. The maximum Gasteiger partial charge on any atom is 0.327 e. The zero-order valence-corrected chi connectivity index (χ0v) is 12.2. The van der Waals surface area contributed by atoms with Crippen LogP contribution in [0.1, 0.15) is 25.3 Å². The fourth-order valence-corrected chi connectivity index (χ4v) is 3.70. The van der Waals surface area contributed by atoms with E-state index in [4.69, 9.17) is 0 Å². The molecule has 108 valence electrons. The van der Waals surface area contributed by atoms with Gasteiger partial charge in [-0.2, -0.15) is 0 Å². The van der Waals surface area contributed by atoms with E-state index in [1.54, 1.807) is 29.1 Å². The van der Waals surface area contributed by atoms with Crippen LogP contribution in [0.5, 0.6) is 0 Å². The minimum Gasteiger partial charge on any atom is -0.480 e. The molecule has 5 nitrogen and oxygen atoms in total. The molecule has 1 amide bonds. The first-order valence-corrected chi connectivity index (χ1v) is 7.72. The van der Waals surface area contributed by atoms with Gasteiger partial charge in [0.1, 0.15) is 6.04 Å². The quantitative estimate of drug-likeness (QED) is 0.896. The number of hydrogen-bond acceptors (Lipinski definition) is 4. The third-order valence-corrected chi connectivity index (χ3v) is 4.85. The lowest BCUT2D eigenvalue weighted by Gasteiger charge is -2.26. The van der Waals surface area contributed by atoms with Crippen molar-refractivity contribution in [1.29, 1.82) is 0 Å². The molecular weight excluding hydrogens is 276 g/mol. The van der Waals surface area contributed by atoms with Crippen LogP contribution in [0.4, 0.5) is 0 Å². The highest BCUT2D eigenvalue weighted by molar-refractivity contribution is 8.00. The molecule has 0 aliphatic carbocycles. The van der Waals surface area contributed by atoms with Crippen molar-refractivity contribution in [3.05, 3.63) is 30.1 Å². The second-order valence-electron chi connectivity index (χ2n) is 4.71. The zero-order chi connectivity index (χ0) is 14.5. The highest BCUT2D eigenvalue weighted by Crippen LogP contribution is 2.32. The highest BCUT2D eigenvalue weighted by atomic mass is 32.2. The van der Waals surface area contributed by atoms with Crippen LogP contribution in [0.3, 0.4) is 0 Å². The van der Waals surface area contributed by atoms with Gasteiger partial charge in [0.05, 0.1) is 5.37 Å². The van der Waals surface area contributed by atoms with Gasteiger partial charge in [-0.25, -0.2) is 4.79 Å². The lowest BCUT2D eigenvalue weighted by Crippen LogP contribution is -2.45. The van der Waals surface area contributed by atoms with Gasteiger partial charge in [-0.1, -0.05) is 6.92 Å². The Morgan fingerprint density at radius 1 is 1.45 bits per heavy atom. The molecule has 2 atom stereocenters. The summed E-state index contributed by atoms with van der Waals surface area (Å²) >= 11 is 1.55. The number of rotatable bonds is 5. The van der Waals surface area contributed by atoms with E-state index in [2.05, 4.69) is 4.98 Å². The summed E-state index contributed by atoms with van der Waals surface area (Å²) in [6.07, 6.45) is 5.12. The Morgan fingerprint density at radius 2 is 2.15 bits per heavy atom. The summed E-state index contributed by atoms with van der Waals surface area (Å²) in [6, 6.07) is 3.06. The fourth-order valence-electron chi connectivity index (χ4n) is 2.33. The van der Waals surface area contributed by atoms with Gasteiger partial charge in [-0.15, -0.1) is 11.8 Å². The van der Waals surface area contributed by atoms with E-state index in [1.807, 2.05) is 19.1 Å². The number of nitrogens with zero attached hydrogens (tertiary/aromatic N) is 2. The molecule has 1 aliphatic heterocycles. The lowest BCUT2D eigenvalue weighted by molar-refractivity contribution is -0.149. The maximum absolute atomic E-state index is 12.3. The first-order chi connectivity index (χ1) is 9.63. The molecule has 1 aliphatic rings. The van der Waals surface area contributed by atoms with Crippen LogP contribution in [-0.4, -0.2) is 44.0 Å². The van der Waals surface area contributed by atoms with E-state index < -0.39 is 12.0 Å². The Balaban J connectivity index is 2.00. The number of aromatic nitrogens is 1. The monoisotopic (exact) mass is 294 g/mol. The van der Waals surface area contributed by atoms with E-state index in [1.165, 1.54) is 0 Å². The molecule has 1 saturated heterocycles. The SMILES string of the molecule is CCC1SCC(C(=O)O)N1C(=O)CCc1ccncc1. The number of carbonyl (C=O) groups is 2. The second kappa shape index (κ2) is 6.74. The number of carbonyl (C=O) groups excluding carboxylic acids is 1. The number of carboxylic acids is 1. The summed E-state index contributed by atoms with van der Waals surface area (Å²) in [6.45, 7) is 1.98. The maximum atomic E-state index is 12.3.